The Balaban J connectivity index is 1.60. The molecule has 0 radical (unpaired) electrons. The van der Waals surface area contributed by atoms with Crippen molar-refractivity contribution < 1.29 is 19.1 Å². The molecule has 1 aliphatic heterocycles. The highest BCUT2D eigenvalue weighted by molar-refractivity contribution is 6.09. The zero-order chi connectivity index (χ0) is 23.9. The number of hydrogen-bond donors (Lipinski definition) is 1. The van der Waals surface area contributed by atoms with E-state index in [0.29, 0.717) is 18.6 Å². The van der Waals surface area contributed by atoms with Crippen LogP contribution in [-0.4, -0.2) is 29.8 Å². The first kappa shape index (κ1) is 23.2. The summed E-state index contributed by atoms with van der Waals surface area (Å²) in [5.41, 5.74) is 4.01. The summed E-state index contributed by atoms with van der Waals surface area (Å²) in [6, 6.07) is 19.8. The molecule has 2 aromatic carbocycles. The van der Waals surface area contributed by atoms with Crippen molar-refractivity contribution in [1.82, 2.24) is 10.3 Å². The lowest BCUT2D eigenvalue weighted by Crippen LogP contribution is -2.45. The van der Waals surface area contributed by atoms with Crippen LogP contribution in [0.5, 0.6) is 5.75 Å². The van der Waals surface area contributed by atoms with Gasteiger partial charge in [-0.15, -0.1) is 0 Å². The zero-order valence-electron chi connectivity index (χ0n) is 19.2. The number of esters is 1. The summed E-state index contributed by atoms with van der Waals surface area (Å²) in [5, 5.41) is 2.86. The molecule has 3 aromatic rings. The van der Waals surface area contributed by atoms with Gasteiger partial charge in [0.15, 0.2) is 0 Å². The molecule has 2 atom stereocenters. The van der Waals surface area contributed by atoms with E-state index in [9.17, 15) is 9.59 Å². The molecule has 0 saturated carbocycles. The fourth-order valence-corrected chi connectivity index (χ4v) is 4.08. The minimum absolute atomic E-state index is 0.148. The molecule has 0 saturated heterocycles. The highest BCUT2D eigenvalue weighted by Gasteiger charge is 2.39. The molecule has 7 heteroatoms. The number of nitrogens with one attached hydrogen (secondary N) is 1. The maximum Gasteiger partial charge on any atom is 0.341 e. The van der Waals surface area contributed by atoms with Gasteiger partial charge in [0, 0.05) is 17.6 Å². The van der Waals surface area contributed by atoms with Crippen molar-refractivity contribution in [3.05, 3.63) is 95.3 Å². The van der Waals surface area contributed by atoms with Crippen LogP contribution in [0.15, 0.2) is 77.9 Å². The monoisotopic (exact) mass is 457 g/mol. The van der Waals surface area contributed by atoms with E-state index in [4.69, 9.17) is 9.47 Å². The van der Waals surface area contributed by atoms with Gasteiger partial charge in [-0.2, -0.15) is 0 Å². The van der Waals surface area contributed by atoms with Gasteiger partial charge >= 0.3 is 12.0 Å². The molecular weight excluding hydrogens is 430 g/mol. The number of benzene rings is 2. The van der Waals surface area contributed by atoms with Crippen LogP contribution in [-0.2, 0) is 22.6 Å². The molecule has 0 spiro atoms. The van der Waals surface area contributed by atoms with Crippen LogP contribution in [0.25, 0.3) is 0 Å². The van der Waals surface area contributed by atoms with Gasteiger partial charge in [0.25, 0.3) is 0 Å². The van der Waals surface area contributed by atoms with E-state index in [1.165, 1.54) is 0 Å². The van der Waals surface area contributed by atoms with Gasteiger partial charge in [-0.1, -0.05) is 42.5 Å². The Morgan fingerprint density at radius 3 is 2.56 bits per heavy atom. The summed E-state index contributed by atoms with van der Waals surface area (Å²) in [4.78, 5) is 34.3. The number of aryl methyl sites for hydroxylation is 2. The molecule has 0 aliphatic carbocycles. The second-order valence-electron chi connectivity index (χ2n) is 8.18. The van der Waals surface area contributed by atoms with Crippen molar-refractivity contribution in [3.63, 3.8) is 0 Å². The summed E-state index contributed by atoms with van der Waals surface area (Å²) in [6.45, 7) is 2.02. The standard InChI is InChI=1S/C27H27N3O4/c1-18-15-21(13-14-28-18)25-24(26(31)34-17-20-7-4-3-5-8-20)23(29-27(32)30-25)12-11-19-9-6-10-22(16-19)33-2/h3-10,13-16,24-25H,11-12,17H2,1-2H3,(H,30,32). The average Bonchev–Trinajstić information content (AvgIpc) is 2.86. The van der Waals surface area contributed by atoms with Crippen molar-refractivity contribution in [2.75, 3.05) is 7.11 Å². The third kappa shape index (κ3) is 5.67. The number of rotatable bonds is 8. The second-order valence-corrected chi connectivity index (χ2v) is 8.18. The second kappa shape index (κ2) is 10.7. The number of urea groups is 1. The lowest BCUT2D eigenvalue weighted by Gasteiger charge is -2.31. The number of pyridine rings is 1. The average molecular weight is 458 g/mol. The molecule has 1 N–H and O–H groups in total. The third-order valence-electron chi connectivity index (χ3n) is 5.78. The van der Waals surface area contributed by atoms with Crippen molar-refractivity contribution in [1.29, 1.82) is 0 Å². The Bertz CT molecular complexity index is 1190. The van der Waals surface area contributed by atoms with E-state index >= 15 is 0 Å². The van der Waals surface area contributed by atoms with Crippen LogP contribution in [0.3, 0.4) is 0 Å². The minimum Gasteiger partial charge on any atom is -0.497 e. The number of aliphatic imine (C=N–C) groups is 1. The van der Waals surface area contributed by atoms with Crippen molar-refractivity contribution in [2.24, 2.45) is 10.9 Å². The number of aromatic nitrogens is 1. The zero-order valence-corrected chi connectivity index (χ0v) is 19.2. The van der Waals surface area contributed by atoms with Crippen LogP contribution < -0.4 is 10.1 Å². The highest BCUT2D eigenvalue weighted by atomic mass is 16.5. The SMILES string of the molecule is COc1cccc(CCC2=NC(=O)NC(c3ccnc(C)c3)C2C(=O)OCc2ccccc2)c1. The predicted molar refractivity (Wildman–Crippen MR) is 129 cm³/mol. The number of nitrogens with zero attached hydrogens (tertiary/aromatic N) is 2. The maximum absolute atomic E-state index is 13.4. The van der Waals surface area contributed by atoms with Gasteiger partial charge in [-0.05, 0) is 60.7 Å². The number of methoxy groups -OCH3 is 1. The quantitative estimate of drug-likeness (QED) is 0.500. The van der Waals surface area contributed by atoms with Crippen LogP contribution in [0, 0.1) is 12.8 Å². The lowest BCUT2D eigenvalue weighted by atomic mass is 9.85. The molecule has 0 bridgehead atoms. The van der Waals surface area contributed by atoms with E-state index in [1.807, 2.05) is 67.6 Å². The van der Waals surface area contributed by atoms with Crippen molar-refractivity contribution in [3.8, 4) is 5.75 Å². The van der Waals surface area contributed by atoms with Crippen LogP contribution in [0.1, 0.15) is 34.8 Å². The Kier molecular flexibility index (Phi) is 7.32. The molecule has 1 aromatic heterocycles. The normalized spacial score (nSPS) is 17.5. The van der Waals surface area contributed by atoms with E-state index in [2.05, 4.69) is 15.3 Å². The summed E-state index contributed by atoms with van der Waals surface area (Å²) in [7, 11) is 1.62. The van der Waals surface area contributed by atoms with Gasteiger partial charge in [0.2, 0.25) is 0 Å². The van der Waals surface area contributed by atoms with Gasteiger partial charge in [-0.25, -0.2) is 9.79 Å². The van der Waals surface area contributed by atoms with E-state index in [1.54, 1.807) is 19.4 Å². The van der Waals surface area contributed by atoms with Crippen LogP contribution in [0.2, 0.25) is 0 Å². The Morgan fingerprint density at radius 2 is 1.79 bits per heavy atom. The molecule has 0 fully saturated rings. The fraction of sp³-hybridized carbons (Fsp3) is 0.259. The van der Waals surface area contributed by atoms with Crippen LogP contribution in [0.4, 0.5) is 4.79 Å². The van der Waals surface area contributed by atoms with E-state index in [0.717, 1.165) is 28.1 Å². The Hall–Kier alpha value is -4.00. The molecule has 174 valence electrons. The first-order valence-corrected chi connectivity index (χ1v) is 11.2. The number of hydrogen-bond acceptors (Lipinski definition) is 5. The molecule has 2 heterocycles. The first-order chi connectivity index (χ1) is 16.5. The fourth-order valence-electron chi connectivity index (χ4n) is 4.08. The summed E-state index contributed by atoms with van der Waals surface area (Å²) in [5.74, 6) is -0.411. The number of carbonyl (C=O) groups is 2. The Morgan fingerprint density at radius 1 is 1.00 bits per heavy atom. The summed E-state index contributed by atoms with van der Waals surface area (Å²) < 4.78 is 11.0. The smallest absolute Gasteiger partial charge is 0.341 e. The van der Waals surface area contributed by atoms with E-state index in [-0.39, 0.29) is 6.61 Å². The van der Waals surface area contributed by atoms with Crippen molar-refractivity contribution >= 4 is 17.7 Å². The topological polar surface area (TPSA) is 89.9 Å². The first-order valence-electron chi connectivity index (χ1n) is 11.2. The largest absolute Gasteiger partial charge is 0.497 e. The van der Waals surface area contributed by atoms with Crippen molar-refractivity contribution in [2.45, 2.75) is 32.4 Å². The molecule has 34 heavy (non-hydrogen) atoms. The number of carbonyl (C=O) groups excluding carboxylic acids is 2. The van der Waals surface area contributed by atoms with E-state index < -0.39 is 24.0 Å². The molecule has 4 rings (SSSR count). The number of ether oxygens (including phenoxy) is 2. The summed E-state index contributed by atoms with van der Waals surface area (Å²) >= 11 is 0. The van der Waals surface area contributed by atoms with Gasteiger partial charge in [0.1, 0.15) is 18.3 Å². The molecule has 2 amide bonds. The summed E-state index contributed by atoms with van der Waals surface area (Å²) in [6.07, 6.45) is 2.71. The molecular formula is C27H27N3O4. The maximum atomic E-state index is 13.4. The number of amides is 2. The lowest BCUT2D eigenvalue weighted by molar-refractivity contribution is -0.148. The van der Waals surface area contributed by atoms with Gasteiger partial charge in [-0.3, -0.25) is 9.78 Å². The van der Waals surface area contributed by atoms with Gasteiger partial charge < -0.3 is 14.8 Å². The predicted octanol–water partition coefficient (Wildman–Crippen LogP) is 4.60. The molecule has 2 unspecified atom stereocenters. The third-order valence-corrected chi connectivity index (χ3v) is 5.78. The molecule has 1 aliphatic rings. The molecule has 7 nitrogen and oxygen atoms in total. The minimum atomic E-state index is -0.742. The van der Waals surface area contributed by atoms with Crippen LogP contribution >= 0.6 is 0 Å². The highest BCUT2D eigenvalue weighted by Crippen LogP contribution is 2.30. The van der Waals surface area contributed by atoms with Gasteiger partial charge in [0.05, 0.1) is 13.2 Å². The Labute approximate surface area is 198 Å².